The largest absolute Gasteiger partial charge is 0.363 e. The molecule has 1 aliphatic heterocycles. The molecular weight excluding hydrogens is 306 g/mol. The molecule has 1 aromatic heterocycles. The van der Waals surface area contributed by atoms with Crippen molar-refractivity contribution < 1.29 is 17.7 Å². The van der Waals surface area contributed by atoms with Gasteiger partial charge in [-0.15, -0.1) is 0 Å². The maximum atomic E-state index is 12.1. The molecule has 116 valence electrons. The Morgan fingerprint density at radius 1 is 1.27 bits per heavy atom. The third-order valence-electron chi connectivity index (χ3n) is 3.43. The second kappa shape index (κ2) is 5.80. The summed E-state index contributed by atoms with van der Waals surface area (Å²) in [6.45, 7) is 0.441. The van der Waals surface area contributed by atoms with E-state index in [4.69, 9.17) is 0 Å². The van der Waals surface area contributed by atoms with E-state index >= 15 is 0 Å². The number of nitrogens with one attached hydrogen (secondary N) is 1. The molecule has 1 aromatic carbocycles. The molecule has 2 heterocycles. The monoisotopic (exact) mass is 321 g/mol. The van der Waals surface area contributed by atoms with E-state index in [9.17, 15) is 13.2 Å². The van der Waals surface area contributed by atoms with Crippen LogP contribution < -0.4 is 9.62 Å². The van der Waals surface area contributed by atoms with E-state index in [-0.39, 0.29) is 11.7 Å². The molecule has 0 aliphatic carbocycles. The first kappa shape index (κ1) is 14.6. The summed E-state index contributed by atoms with van der Waals surface area (Å²) in [4.78, 5) is 12.1. The number of carbonyl (C=O) groups excluding carboxylic acids is 1. The van der Waals surface area contributed by atoms with E-state index in [1.807, 2.05) is 0 Å². The third-order valence-corrected chi connectivity index (χ3v) is 5.29. The summed E-state index contributed by atoms with van der Waals surface area (Å²) in [5.74, 6) is 0.0775. The Labute approximate surface area is 128 Å². The fourth-order valence-corrected chi connectivity index (χ4v) is 3.98. The minimum atomic E-state index is -3.29. The van der Waals surface area contributed by atoms with E-state index < -0.39 is 10.0 Å². The van der Waals surface area contributed by atoms with Gasteiger partial charge in [-0.1, -0.05) is 11.2 Å². The van der Waals surface area contributed by atoms with Crippen molar-refractivity contribution in [3.05, 3.63) is 42.2 Å². The number of nitrogens with zero attached hydrogens (tertiary/aromatic N) is 2. The normalized spacial score (nSPS) is 17.2. The molecular formula is C14H15N3O4S. The van der Waals surface area contributed by atoms with Gasteiger partial charge in [0.25, 0.3) is 5.91 Å². The van der Waals surface area contributed by atoms with Crippen LogP contribution in [0.25, 0.3) is 0 Å². The van der Waals surface area contributed by atoms with Gasteiger partial charge >= 0.3 is 0 Å². The van der Waals surface area contributed by atoms with Crippen molar-refractivity contribution in [2.24, 2.45) is 0 Å². The average molecular weight is 321 g/mol. The summed E-state index contributed by atoms with van der Waals surface area (Å²) in [5, 5.41) is 6.18. The molecule has 0 unspecified atom stereocenters. The topological polar surface area (TPSA) is 92.5 Å². The van der Waals surface area contributed by atoms with Gasteiger partial charge in [-0.25, -0.2) is 8.42 Å². The lowest BCUT2D eigenvalue weighted by Gasteiger charge is -2.28. The van der Waals surface area contributed by atoms with Crippen LogP contribution in [0.4, 0.5) is 11.5 Å². The number of anilines is 2. The summed E-state index contributed by atoms with van der Waals surface area (Å²) < 4.78 is 30.3. The van der Waals surface area contributed by atoms with E-state index in [0.29, 0.717) is 30.0 Å². The van der Waals surface area contributed by atoms with Crippen molar-refractivity contribution in [1.82, 2.24) is 5.16 Å². The van der Waals surface area contributed by atoms with Gasteiger partial charge in [0.15, 0.2) is 5.82 Å². The van der Waals surface area contributed by atoms with Crippen LogP contribution in [0, 0.1) is 0 Å². The van der Waals surface area contributed by atoms with Crippen LogP contribution in [-0.2, 0) is 10.0 Å². The first-order valence-electron chi connectivity index (χ1n) is 6.88. The van der Waals surface area contributed by atoms with Crippen LogP contribution in [0.2, 0.25) is 0 Å². The van der Waals surface area contributed by atoms with Gasteiger partial charge in [0.1, 0.15) is 6.26 Å². The summed E-state index contributed by atoms with van der Waals surface area (Å²) in [6.07, 6.45) is 2.84. The lowest BCUT2D eigenvalue weighted by Crippen LogP contribution is -2.37. The van der Waals surface area contributed by atoms with Crippen molar-refractivity contribution >= 4 is 27.4 Å². The summed E-state index contributed by atoms with van der Waals surface area (Å²) in [7, 11) is -3.29. The van der Waals surface area contributed by atoms with Crippen LogP contribution in [0.1, 0.15) is 23.2 Å². The minimum Gasteiger partial charge on any atom is -0.363 e. The quantitative estimate of drug-likeness (QED) is 0.931. The standard InChI is InChI=1S/C14H15N3O4S/c18-14(15-13-6-8-21-16-13)11-4-3-5-12(10-11)17-7-1-2-9-22(17,19)20/h3-6,8,10H,1-2,7,9H2,(H,15,16,18). The van der Waals surface area contributed by atoms with Crippen molar-refractivity contribution in [2.75, 3.05) is 21.9 Å². The van der Waals surface area contributed by atoms with Crippen LogP contribution in [0.5, 0.6) is 0 Å². The number of aromatic nitrogens is 1. The maximum Gasteiger partial charge on any atom is 0.256 e. The van der Waals surface area contributed by atoms with Gasteiger partial charge in [-0.05, 0) is 31.0 Å². The molecule has 3 rings (SSSR count). The first-order valence-corrected chi connectivity index (χ1v) is 8.49. The molecule has 8 heteroatoms. The van der Waals surface area contributed by atoms with Crippen molar-refractivity contribution in [2.45, 2.75) is 12.8 Å². The first-order chi connectivity index (χ1) is 10.6. The van der Waals surface area contributed by atoms with Gasteiger partial charge in [0, 0.05) is 18.2 Å². The van der Waals surface area contributed by atoms with Crippen LogP contribution in [0.3, 0.4) is 0 Å². The Hall–Kier alpha value is -2.35. The van der Waals surface area contributed by atoms with Crippen molar-refractivity contribution in [3.63, 3.8) is 0 Å². The Morgan fingerprint density at radius 2 is 2.14 bits per heavy atom. The number of sulfonamides is 1. The van der Waals surface area contributed by atoms with E-state index in [1.165, 1.54) is 16.6 Å². The zero-order valence-corrected chi connectivity index (χ0v) is 12.5. The molecule has 0 radical (unpaired) electrons. The molecule has 0 saturated carbocycles. The van der Waals surface area contributed by atoms with Crippen LogP contribution in [0.15, 0.2) is 41.1 Å². The molecule has 2 aromatic rings. The minimum absolute atomic E-state index is 0.141. The number of hydrogen-bond acceptors (Lipinski definition) is 5. The molecule has 0 atom stereocenters. The lowest BCUT2D eigenvalue weighted by atomic mass is 10.2. The second-order valence-corrected chi connectivity index (χ2v) is 7.00. The maximum absolute atomic E-state index is 12.1. The highest BCUT2D eigenvalue weighted by Crippen LogP contribution is 2.24. The van der Waals surface area contributed by atoms with Gasteiger partial charge < -0.3 is 9.84 Å². The van der Waals surface area contributed by atoms with Gasteiger partial charge in [-0.3, -0.25) is 9.10 Å². The molecule has 1 aliphatic rings. The smallest absolute Gasteiger partial charge is 0.256 e. The molecule has 0 bridgehead atoms. The van der Waals surface area contributed by atoms with Gasteiger partial charge in [0.05, 0.1) is 11.4 Å². The molecule has 0 spiro atoms. The third kappa shape index (κ3) is 2.96. The molecule has 1 fully saturated rings. The number of benzene rings is 1. The highest BCUT2D eigenvalue weighted by atomic mass is 32.2. The highest BCUT2D eigenvalue weighted by Gasteiger charge is 2.26. The summed E-state index contributed by atoms with van der Waals surface area (Å²) in [5.41, 5.74) is 0.869. The Morgan fingerprint density at radius 3 is 2.86 bits per heavy atom. The summed E-state index contributed by atoms with van der Waals surface area (Å²) >= 11 is 0. The molecule has 1 saturated heterocycles. The number of rotatable bonds is 3. The van der Waals surface area contributed by atoms with Crippen LogP contribution >= 0.6 is 0 Å². The Bertz CT molecular complexity index is 771. The van der Waals surface area contributed by atoms with Crippen LogP contribution in [-0.4, -0.2) is 31.8 Å². The van der Waals surface area contributed by atoms with E-state index in [1.54, 1.807) is 24.3 Å². The second-order valence-electron chi connectivity index (χ2n) is 4.98. The van der Waals surface area contributed by atoms with Gasteiger partial charge in [-0.2, -0.15) is 0 Å². The fraction of sp³-hybridized carbons (Fsp3) is 0.286. The Balaban J connectivity index is 1.84. The molecule has 7 nitrogen and oxygen atoms in total. The highest BCUT2D eigenvalue weighted by molar-refractivity contribution is 7.92. The van der Waals surface area contributed by atoms with Crippen molar-refractivity contribution in [3.8, 4) is 0 Å². The van der Waals surface area contributed by atoms with E-state index in [0.717, 1.165) is 6.42 Å². The zero-order chi connectivity index (χ0) is 15.6. The zero-order valence-electron chi connectivity index (χ0n) is 11.7. The predicted octanol–water partition coefficient (Wildman–Crippen LogP) is 1.86. The lowest BCUT2D eigenvalue weighted by molar-refractivity contribution is 0.102. The Kier molecular flexibility index (Phi) is 3.84. The predicted molar refractivity (Wildman–Crippen MR) is 81.3 cm³/mol. The fourth-order valence-electron chi connectivity index (χ4n) is 2.35. The number of amides is 1. The number of carbonyl (C=O) groups is 1. The molecule has 22 heavy (non-hydrogen) atoms. The van der Waals surface area contributed by atoms with Gasteiger partial charge in [0.2, 0.25) is 10.0 Å². The van der Waals surface area contributed by atoms with Crippen molar-refractivity contribution in [1.29, 1.82) is 0 Å². The molecule has 1 amide bonds. The summed E-state index contributed by atoms with van der Waals surface area (Å²) in [6, 6.07) is 8.07. The van der Waals surface area contributed by atoms with E-state index in [2.05, 4.69) is 15.0 Å². The molecule has 1 N–H and O–H groups in total. The SMILES string of the molecule is O=C(Nc1ccon1)c1cccc(N2CCCCS2(=O)=O)c1. The number of hydrogen-bond donors (Lipinski definition) is 1. The average Bonchev–Trinajstić information content (AvgIpc) is 3.00.